The molecule has 6 nitrogen and oxygen atoms in total. The molecule has 0 unspecified atom stereocenters. The molecule has 2 aromatic rings. The Balaban J connectivity index is 1.26. The fourth-order valence-corrected chi connectivity index (χ4v) is 4.11. The van der Waals surface area contributed by atoms with Crippen LogP contribution >= 0.6 is 0 Å². The number of anilines is 1. The summed E-state index contributed by atoms with van der Waals surface area (Å²) >= 11 is 0. The third-order valence-corrected chi connectivity index (χ3v) is 5.82. The summed E-state index contributed by atoms with van der Waals surface area (Å²) < 4.78 is 5.89. The summed E-state index contributed by atoms with van der Waals surface area (Å²) in [5.41, 5.74) is 2.19. The molecule has 2 aromatic carbocycles. The monoisotopic (exact) mass is 407 g/mol. The third-order valence-electron chi connectivity index (χ3n) is 5.82. The van der Waals surface area contributed by atoms with E-state index in [4.69, 9.17) is 4.74 Å². The maximum absolute atomic E-state index is 12.8. The number of nitrogens with zero attached hydrogens (tertiary/aromatic N) is 3. The van der Waals surface area contributed by atoms with E-state index in [1.54, 1.807) is 11.8 Å². The molecule has 4 rings (SSSR count). The molecule has 2 aliphatic heterocycles. The maximum Gasteiger partial charge on any atom is 0.263 e. The summed E-state index contributed by atoms with van der Waals surface area (Å²) in [5.74, 6) is 0.834. The average Bonchev–Trinajstić information content (AvgIpc) is 3.21. The molecule has 0 aromatic heterocycles. The third kappa shape index (κ3) is 4.82. The Kier molecular flexibility index (Phi) is 6.33. The van der Waals surface area contributed by atoms with Crippen molar-refractivity contribution in [3.63, 3.8) is 0 Å². The molecule has 6 heteroatoms. The van der Waals surface area contributed by atoms with Crippen molar-refractivity contribution in [2.24, 2.45) is 0 Å². The smallest absolute Gasteiger partial charge is 0.263 e. The first-order valence-corrected chi connectivity index (χ1v) is 10.7. The lowest BCUT2D eigenvalue weighted by molar-refractivity contribution is -0.139. The predicted octanol–water partition coefficient (Wildman–Crippen LogP) is 2.93. The van der Waals surface area contributed by atoms with Gasteiger partial charge in [-0.3, -0.25) is 14.5 Å². The number of carbonyl (C=O) groups is 2. The van der Waals surface area contributed by atoms with Gasteiger partial charge in [0.25, 0.3) is 5.91 Å². The topological polar surface area (TPSA) is 53.1 Å². The number of benzene rings is 2. The lowest BCUT2D eigenvalue weighted by Crippen LogP contribution is -2.51. The quantitative estimate of drug-likeness (QED) is 0.739. The summed E-state index contributed by atoms with van der Waals surface area (Å²) in [4.78, 5) is 30.8. The molecule has 0 aliphatic carbocycles. The molecule has 2 fully saturated rings. The Bertz CT molecular complexity index is 861. The highest BCUT2D eigenvalue weighted by molar-refractivity contribution is 5.95. The van der Waals surface area contributed by atoms with Gasteiger partial charge in [-0.15, -0.1) is 0 Å². The highest BCUT2D eigenvalue weighted by Crippen LogP contribution is 2.24. The van der Waals surface area contributed by atoms with Gasteiger partial charge < -0.3 is 14.5 Å². The molecule has 0 bridgehead atoms. The number of ether oxygens (including phenoxy) is 1. The van der Waals surface area contributed by atoms with Crippen molar-refractivity contribution in [2.75, 3.05) is 37.6 Å². The van der Waals surface area contributed by atoms with E-state index >= 15 is 0 Å². The lowest BCUT2D eigenvalue weighted by Gasteiger charge is -2.35. The zero-order chi connectivity index (χ0) is 20.9. The van der Waals surface area contributed by atoms with Crippen LogP contribution in [0.1, 0.15) is 25.3 Å². The first-order valence-electron chi connectivity index (χ1n) is 10.7. The second-order valence-corrected chi connectivity index (χ2v) is 7.99. The van der Waals surface area contributed by atoms with Crippen molar-refractivity contribution in [1.29, 1.82) is 0 Å². The molecular formula is C24H29N3O3. The van der Waals surface area contributed by atoms with Crippen molar-refractivity contribution < 1.29 is 14.3 Å². The van der Waals surface area contributed by atoms with E-state index in [1.807, 2.05) is 35.2 Å². The standard InChI is InChI=1S/C24H29N3O3/c1-19(30-22-11-9-21(10-12-22)27-13-5-8-23(27)28)24(29)26-16-14-25(15-17-26)18-20-6-3-2-4-7-20/h2-4,6-7,9-12,19H,5,8,13-18H2,1H3/t19-/m1/s1. The Hall–Kier alpha value is -2.86. The number of hydrogen-bond acceptors (Lipinski definition) is 4. The van der Waals surface area contributed by atoms with Gasteiger partial charge >= 0.3 is 0 Å². The molecule has 0 saturated carbocycles. The van der Waals surface area contributed by atoms with E-state index in [-0.39, 0.29) is 11.8 Å². The van der Waals surface area contributed by atoms with Crippen LogP contribution in [0.3, 0.4) is 0 Å². The second-order valence-electron chi connectivity index (χ2n) is 7.99. The number of hydrogen-bond donors (Lipinski definition) is 0. The summed E-state index contributed by atoms with van der Waals surface area (Å²) in [5, 5.41) is 0. The van der Waals surface area contributed by atoms with Crippen LogP contribution < -0.4 is 9.64 Å². The fourth-order valence-electron chi connectivity index (χ4n) is 4.11. The minimum absolute atomic E-state index is 0.0214. The van der Waals surface area contributed by atoms with Crippen molar-refractivity contribution >= 4 is 17.5 Å². The Morgan fingerprint density at radius 1 is 0.967 bits per heavy atom. The van der Waals surface area contributed by atoms with Gasteiger partial charge in [0.2, 0.25) is 5.91 Å². The minimum atomic E-state index is -0.537. The largest absolute Gasteiger partial charge is 0.481 e. The highest BCUT2D eigenvalue weighted by atomic mass is 16.5. The molecule has 1 atom stereocenters. The van der Waals surface area contributed by atoms with E-state index in [9.17, 15) is 9.59 Å². The molecule has 0 spiro atoms. The fraction of sp³-hybridized carbons (Fsp3) is 0.417. The summed E-state index contributed by atoms with van der Waals surface area (Å²) in [6.45, 7) is 6.66. The van der Waals surface area contributed by atoms with Gasteiger partial charge in [0.05, 0.1) is 0 Å². The van der Waals surface area contributed by atoms with Crippen LogP contribution in [0.5, 0.6) is 5.75 Å². The van der Waals surface area contributed by atoms with Gasteiger partial charge in [0.1, 0.15) is 5.75 Å². The van der Waals surface area contributed by atoms with Gasteiger partial charge in [0, 0.05) is 51.4 Å². The molecule has 158 valence electrons. The van der Waals surface area contributed by atoms with Crippen LogP contribution in [0.2, 0.25) is 0 Å². The maximum atomic E-state index is 12.8. The van der Waals surface area contributed by atoms with E-state index in [0.717, 1.165) is 51.4 Å². The summed E-state index contributed by atoms with van der Waals surface area (Å²) in [6, 6.07) is 17.9. The molecule has 2 aliphatic rings. The first-order chi connectivity index (χ1) is 14.6. The number of carbonyl (C=O) groups excluding carboxylic acids is 2. The van der Waals surface area contributed by atoms with Crippen molar-refractivity contribution in [2.45, 2.75) is 32.4 Å². The molecule has 0 N–H and O–H groups in total. The van der Waals surface area contributed by atoms with Gasteiger partial charge in [-0.25, -0.2) is 0 Å². The Morgan fingerprint density at radius 3 is 2.30 bits per heavy atom. The van der Waals surface area contributed by atoms with Gasteiger partial charge in [0.15, 0.2) is 6.10 Å². The van der Waals surface area contributed by atoms with Crippen molar-refractivity contribution in [1.82, 2.24) is 9.80 Å². The molecule has 30 heavy (non-hydrogen) atoms. The van der Waals surface area contributed by atoms with Crippen LogP contribution in [0.25, 0.3) is 0 Å². The zero-order valence-electron chi connectivity index (χ0n) is 17.5. The number of amides is 2. The van der Waals surface area contributed by atoms with Crippen LogP contribution in [0.4, 0.5) is 5.69 Å². The van der Waals surface area contributed by atoms with E-state index in [0.29, 0.717) is 12.2 Å². The average molecular weight is 408 g/mol. The van der Waals surface area contributed by atoms with Gasteiger partial charge in [-0.2, -0.15) is 0 Å². The van der Waals surface area contributed by atoms with Crippen molar-refractivity contribution in [3.8, 4) is 5.75 Å². The SMILES string of the molecule is C[C@@H](Oc1ccc(N2CCCC2=O)cc1)C(=O)N1CCN(Cc2ccccc2)CC1. The van der Waals surface area contributed by atoms with E-state index in [1.165, 1.54) is 5.56 Å². The van der Waals surface area contributed by atoms with Crippen LogP contribution in [0, 0.1) is 0 Å². The molecule has 2 saturated heterocycles. The molecular weight excluding hydrogens is 378 g/mol. The van der Waals surface area contributed by atoms with E-state index < -0.39 is 6.10 Å². The van der Waals surface area contributed by atoms with Gasteiger partial charge in [-0.05, 0) is 43.2 Å². The zero-order valence-corrected chi connectivity index (χ0v) is 17.5. The molecule has 2 heterocycles. The van der Waals surface area contributed by atoms with Gasteiger partial charge in [-0.1, -0.05) is 30.3 Å². The molecule has 2 amide bonds. The van der Waals surface area contributed by atoms with Crippen LogP contribution in [-0.2, 0) is 16.1 Å². The molecule has 0 radical (unpaired) electrons. The minimum Gasteiger partial charge on any atom is -0.481 e. The summed E-state index contributed by atoms with van der Waals surface area (Å²) in [6.07, 6.45) is 0.980. The number of piperazine rings is 1. The normalized spacial score (nSPS) is 18.5. The number of rotatable bonds is 6. The van der Waals surface area contributed by atoms with E-state index in [2.05, 4.69) is 29.2 Å². The lowest BCUT2D eigenvalue weighted by atomic mass is 10.2. The Labute approximate surface area is 178 Å². The van der Waals surface area contributed by atoms with Crippen LogP contribution in [-0.4, -0.2) is 60.4 Å². The predicted molar refractivity (Wildman–Crippen MR) is 116 cm³/mol. The Morgan fingerprint density at radius 2 is 1.67 bits per heavy atom. The van der Waals surface area contributed by atoms with Crippen molar-refractivity contribution in [3.05, 3.63) is 60.2 Å². The van der Waals surface area contributed by atoms with Crippen LogP contribution in [0.15, 0.2) is 54.6 Å². The summed E-state index contributed by atoms with van der Waals surface area (Å²) in [7, 11) is 0. The second kappa shape index (κ2) is 9.30. The highest BCUT2D eigenvalue weighted by Gasteiger charge is 2.26. The first kappa shape index (κ1) is 20.4.